The third-order valence-electron chi connectivity index (χ3n) is 5.59. The van der Waals surface area contributed by atoms with Crippen molar-refractivity contribution in [3.05, 3.63) is 22.4 Å². The molecule has 0 aromatic carbocycles. The van der Waals surface area contributed by atoms with E-state index in [0.29, 0.717) is 24.4 Å². The van der Waals surface area contributed by atoms with Crippen molar-refractivity contribution in [1.29, 1.82) is 0 Å². The van der Waals surface area contributed by atoms with E-state index in [2.05, 4.69) is 35.1 Å². The highest BCUT2D eigenvalue weighted by Gasteiger charge is 2.41. The first-order valence-corrected chi connectivity index (χ1v) is 12.2. The minimum absolute atomic E-state index is 0. The molecule has 5 atom stereocenters. The van der Waals surface area contributed by atoms with E-state index in [4.69, 9.17) is 9.73 Å². The van der Waals surface area contributed by atoms with Gasteiger partial charge < -0.3 is 15.4 Å². The maximum absolute atomic E-state index is 11.7. The molecule has 2 bridgehead atoms. The summed E-state index contributed by atoms with van der Waals surface area (Å²) in [5, 5.41) is 9.12. The van der Waals surface area contributed by atoms with Crippen molar-refractivity contribution in [2.45, 2.75) is 56.9 Å². The Hall–Kier alpha value is -0.390. The number of sulfone groups is 1. The van der Waals surface area contributed by atoms with Gasteiger partial charge in [-0.1, -0.05) is 6.07 Å². The van der Waals surface area contributed by atoms with Gasteiger partial charge in [-0.05, 0) is 50.0 Å². The summed E-state index contributed by atoms with van der Waals surface area (Å²) in [6, 6.07) is 4.62. The normalized spacial score (nSPS) is 32.9. The Morgan fingerprint density at radius 2 is 2.26 bits per heavy atom. The van der Waals surface area contributed by atoms with Gasteiger partial charge in [0, 0.05) is 11.4 Å². The molecular weight excluding hydrogens is 497 g/mol. The largest absolute Gasteiger partial charge is 0.373 e. The second kappa shape index (κ2) is 8.96. The molecule has 6 nitrogen and oxygen atoms in total. The fourth-order valence-corrected chi connectivity index (χ4v) is 6.73. The van der Waals surface area contributed by atoms with E-state index in [-0.39, 0.29) is 47.8 Å². The minimum Gasteiger partial charge on any atom is -0.373 e. The number of aliphatic imine (C=N–C) groups is 1. The summed E-state index contributed by atoms with van der Waals surface area (Å²) in [6.07, 6.45) is 4.67. The Morgan fingerprint density at radius 1 is 1.41 bits per heavy atom. The van der Waals surface area contributed by atoms with Crippen LogP contribution in [-0.2, 0) is 14.6 Å². The Kier molecular flexibility index (Phi) is 7.07. The average molecular weight is 525 g/mol. The number of fused-ring (bicyclic) bond motifs is 2. The van der Waals surface area contributed by atoms with Crippen molar-refractivity contribution in [2.24, 2.45) is 10.9 Å². The fraction of sp³-hybridized carbons (Fsp3) is 0.722. The van der Waals surface area contributed by atoms with Gasteiger partial charge >= 0.3 is 0 Å². The number of rotatable bonds is 5. The van der Waals surface area contributed by atoms with E-state index >= 15 is 0 Å². The topological polar surface area (TPSA) is 79.8 Å². The molecule has 9 heteroatoms. The lowest BCUT2D eigenvalue weighted by molar-refractivity contribution is 0.0992. The molecule has 1 aromatic heterocycles. The first-order valence-electron chi connectivity index (χ1n) is 9.45. The third kappa shape index (κ3) is 5.36. The highest BCUT2D eigenvalue weighted by Crippen LogP contribution is 2.34. The van der Waals surface area contributed by atoms with Crippen molar-refractivity contribution in [3.8, 4) is 0 Å². The molecule has 0 amide bonds. The molecule has 4 heterocycles. The monoisotopic (exact) mass is 525 g/mol. The average Bonchev–Trinajstić information content (AvgIpc) is 3.37. The first-order chi connectivity index (χ1) is 12.5. The second-order valence-electron chi connectivity index (χ2n) is 7.70. The fourth-order valence-electron chi connectivity index (χ4n) is 4.15. The van der Waals surface area contributed by atoms with Gasteiger partial charge in [0.2, 0.25) is 0 Å². The maximum atomic E-state index is 11.7. The lowest BCUT2D eigenvalue weighted by Gasteiger charge is -2.25. The van der Waals surface area contributed by atoms with Crippen LogP contribution in [0.1, 0.15) is 43.5 Å². The molecule has 1 aromatic rings. The molecule has 4 rings (SSSR count). The summed E-state index contributed by atoms with van der Waals surface area (Å²) in [5.41, 5.74) is 0. The molecule has 0 spiro atoms. The van der Waals surface area contributed by atoms with Crippen molar-refractivity contribution in [2.75, 3.05) is 18.1 Å². The Labute approximate surface area is 182 Å². The van der Waals surface area contributed by atoms with Crippen molar-refractivity contribution in [1.82, 2.24) is 10.6 Å². The lowest BCUT2D eigenvalue weighted by Crippen LogP contribution is -2.48. The minimum atomic E-state index is -2.86. The van der Waals surface area contributed by atoms with Crippen LogP contribution in [-0.4, -0.2) is 50.7 Å². The second-order valence-corrected chi connectivity index (χ2v) is 10.9. The van der Waals surface area contributed by atoms with E-state index in [1.165, 1.54) is 4.88 Å². The molecule has 0 radical (unpaired) electrons. The van der Waals surface area contributed by atoms with Crippen LogP contribution in [0.25, 0.3) is 0 Å². The molecule has 152 valence electrons. The standard InChI is InChI=1S/C18H27N3O3S2.HI/c1-12(17-3-2-7-25-17)20-18(19-10-13-6-8-26(22,23)11-13)21-15-9-14-4-5-16(15)24-14;/h2-3,7,12-16H,4-6,8-11H2,1H3,(H2,19,20,21);1H. The summed E-state index contributed by atoms with van der Waals surface area (Å²) in [6.45, 7) is 2.67. The number of nitrogens with zero attached hydrogens (tertiary/aromatic N) is 1. The Balaban J connectivity index is 0.00000210. The Morgan fingerprint density at radius 3 is 2.85 bits per heavy atom. The molecule has 2 N–H and O–H groups in total. The summed E-state index contributed by atoms with van der Waals surface area (Å²) in [5.74, 6) is 1.47. The molecule has 5 unspecified atom stereocenters. The zero-order valence-corrected chi connectivity index (χ0v) is 19.4. The summed E-state index contributed by atoms with van der Waals surface area (Å²) in [7, 11) is -2.86. The van der Waals surface area contributed by atoms with E-state index in [1.54, 1.807) is 11.3 Å². The SMILES string of the molecule is CC(NC(=NCC1CCS(=O)(=O)C1)NC1CC2CCC1O2)c1cccs1.I. The van der Waals surface area contributed by atoms with Gasteiger partial charge in [-0.15, -0.1) is 35.3 Å². The van der Waals surface area contributed by atoms with E-state index < -0.39 is 9.84 Å². The molecular formula is C18H28IN3O3S2. The summed E-state index contributed by atoms with van der Waals surface area (Å²) >= 11 is 1.72. The highest BCUT2D eigenvalue weighted by molar-refractivity contribution is 14.0. The van der Waals surface area contributed by atoms with Gasteiger partial charge in [0.15, 0.2) is 15.8 Å². The predicted octanol–water partition coefficient (Wildman–Crippen LogP) is 2.72. The van der Waals surface area contributed by atoms with Crippen LogP contribution in [0.5, 0.6) is 0 Å². The van der Waals surface area contributed by atoms with Crippen LogP contribution < -0.4 is 10.6 Å². The van der Waals surface area contributed by atoms with Crippen LogP contribution in [0, 0.1) is 5.92 Å². The highest BCUT2D eigenvalue weighted by atomic mass is 127. The first kappa shape index (κ1) is 21.3. The molecule has 3 aliphatic rings. The molecule has 27 heavy (non-hydrogen) atoms. The van der Waals surface area contributed by atoms with Crippen molar-refractivity contribution < 1.29 is 13.2 Å². The predicted molar refractivity (Wildman–Crippen MR) is 120 cm³/mol. The lowest BCUT2D eigenvalue weighted by atomic mass is 9.96. The molecule has 3 saturated heterocycles. The quantitative estimate of drug-likeness (QED) is 0.351. The third-order valence-corrected chi connectivity index (χ3v) is 8.48. The van der Waals surface area contributed by atoms with E-state index in [9.17, 15) is 8.42 Å². The Bertz CT molecular complexity index is 754. The maximum Gasteiger partial charge on any atom is 0.192 e. The summed E-state index contributed by atoms with van der Waals surface area (Å²) < 4.78 is 29.3. The van der Waals surface area contributed by atoms with Gasteiger partial charge in [0.05, 0.1) is 35.8 Å². The molecule has 0 saturated carbocycles. The van der Waals surface area contributed by atoms with Crippen LogP contribution in [0.3, 0.4) is 0 Å². The number of halogens is 1. The van der Waals surface area contributed by atoms with Gasteiger partial charge in [-0.25, -0.2) is 8.42 Å². The van der Waals surface area contributed by atoms with Crippen molar-refractivity contribution in [3.63, 3.8) is 0 Å². The number of nitrogens with one attached hydrogen (secondary N) is 2. The number of thiophene rings is 1. The van der Waals surface area contributed by atoms with Gasteiger partial charge in [-0.2, -0.15) is 0 Å². The number of hydrogen-bond donors (Lipinski definition) is 2. The molecule has 3 aliphatic heterocycles. The zero-order valence-electron chi connectivity index (χ0n) is 15.5. The summed E-state index contributed by atoms with van der Waals surface area (Å²) in [4.78, 5) is 6.00. The zero-order chi connectivity index (χ0) is 18.1. The van der Waals surface area contributed by atoms with Gasteiger partial charge in [-0.3, -0.25) is 4.99 Å². The van der Waals surface area contributed by atoms with Crippen LogP contribution >= 0.6 is 35.3 Å². The van der Waals surface area contributed by atoms with Gasteiger partial charge in [0.1, 0.15) is 0 Å². The van der Waals surface area contributed by atoms with Gasteiger partial charge in [0.25, 0.3) is 0 Å². The number of guanidine groups is 1. The van der Waals surface area contributed by atoms with Crippen LogP contribution in [0.4, 0.5) is 0 Å². The van der Waals surface area contributed by atoms with Crippen LogP contribution in [0.15, 0.2) is 22.5 Å². The van der Waals surface area contributed by atoms with Crippen molar-refractivity contribution >= 4 is 51.1 Å². The van der Waals surface area contributed by atoms with E-state index in [0.717, 1.165) is 31.6 Å². The number of hydrogen-bond acceptors (Lipinski definition) is 5. The number of ether oxygens (including phenoxy) is 1. The van der Waals surface area contributed by atoms with E-state index in [1.807, 2.05) is 0 Å². The smallest absolute Gasteiger partial charge is 0.192 e. The molecule has 3 fully saturated rings. The van der Waals surface area contributed by atoms with Crippen LogP contribution in [0.2, 0.25) is 0 Å². The molecule has 0 aliphatic carbocycles.